The molecule has 19 nitrogen and oxygen atoms in total. The summed E-state index contributed by atoms with van der Waals surface area (Å²) in [5.74, 6) is -1.45. The van der Waals surface area contributed by atoms with Crippen LogP contribution in [-0.4, -0.2) is 75.0 Å². The highest BCUT2D eigenvalue weighted by molar-refractivity contribution is 7.91. The number of carbonyl (C=O) groups excluding carboxylic acids is 3. The molecule has 0 saturated carbocycles. The summed E-state index contributed by atoms with van der Waals surface area (Å²) < 4.78 is 108. The van der Waals surface area contributed by atoms with Gasteiger partial charge in [-0.05, 0) is 83.9 Å². The molecule has 2 amide bonds. The normalized spacial score (nSPS) is 15.5. The molecule has 22 heteroatoms. The van der Waals surface area contributed by atoms with Gasteiger partial charge in [0.25, 0.3) is 30.4 Å². The maximum Gasteiger partial charge on any atom is 0.323 e. The Bertz CT molecular complexity index is 3180. The summed E-state index contributed by atoms with van der Waals surface area (Å²) in [5, 5.41) is 13.3. The lowest BCUT2D eigenvalue weighted by atomic mass is 9.94. The van der Waals surface area contributed by atoms with E-state index in [1.54, 1.807) is 30.3 Å². The number of nitrogens with one attached hydrogen (secondary N) is 4. The molecule has 0 bridgehead atoms. The number of amides is 2. The fourth-order valence-electron chi connectivity index (χ4n) is 6.29. The highest BCUT2D eigenvalue weighted by Gasteiger charge is 2.35. The number of anilines is 4. The lowest BCUT2D eigenvalue weighted by molar-refractivity contribution is 0.105. The molecule has 0 aliphatic heterocycles. The molecule has 0 atom stereocenters. The molecule has 0 unspecified atom stereocenters. The maximum absolute atomic E-state index is 13.6. The van der Waals surface area contributed by atoms with Gasteiger partial charge in [-0.15, -0.1) is 0 Å². The molecule has 7 N–H and O–H groups in total. The lowest BCUT2D eigenvalue weighted by Crippen LogP contribution is -2.27. The van der Waals surface area contributed by atoms with Crippen LogP contribution in [0.1, 0.15) is 31.8 Å². The van der Waals surface area contributed by atoms with Crippen molar-refractivity contribution < 1.29 is 58.0 Å². The lowest BCUT2D eigenvalue weighted by Gasteiger charge is -2.18. The Morgan fingerprint density at radius 1 is 0.583 bits per heavy atom. The molecule has 2 aliphatic rings. The van der Waals surface area contributed by atoms with E-state index in [-0.39, 0.29) is 50.1 Å². The van der Waals surface area contributed by atoms with Crippen molar-refractivity contribution in [2.75, 3.05) is 28.6 Å². The summed E-state index contributed by atoms with van der Waals surface area (Å²) >= 11 is 0. The minimum atomic E-state index is -5.09. The van der Waals surface area contributed by atoms with Crippen molar-refractivity contribution in [2.45, 2.75) is 4.90 Å². The quantitative estimate of drug-likeness (QED) is 0.0671. The van der Waals surface area contributed by atoms with Crippen molar-refractivity contribution in [1.82, 2.24) is 0 Å². The minimum Gasteiger partial charge on any atom is -0.495 e. The Morgan fingerprint density at radius 2 is 1.07 bits per heavy atom. The van der Waals surface area contributed by atoms with E-state index in [0.29, 0.717) is 11.4 Å². The van der Waals surface area contributed by atoms with Gasteiger partial charge < -0.3 is 15.4 Å². The van der Waals surface area contributed by atoms with Gasteiger partial charge in [0.1, 0.15) is 20.5 Å². The second-order valence-corrected chi connectivity index (χ2v) is 17.0. The molecule has 0 saturated heterocycles. The van der Waals surface area contributed by atoms with Crippen LogP contribution in [-0.2, 0) is 30.4 Å². The molecule has 2 aliphatic carbocycles. The van der Waals surface area contributed by atoms with E-state index in [2.05, 4.69) is 31.7 Å². The molecule has 0 radical (unpaired) electrons. The largest absolute Gasteiger partial charge is 0.495 e. The van der Waals surface area contributed by atoms with Gasteiger partial charge in [0.15, 0.2) is 11.4 Å². The van der Waals surface area contributed by atoms with Gasteiger partial charge in [-0.25, -0.2) is 4.79 Å². The third-order valence-electron chi connectivity index (χ3n) is 8.98. The van der Waals surface area contributed by atoms with Crippen LogP contribution in [0, 0.1) is 0 Å². The summed E-state index contributed by atoms with van der Waals surface area (Å²) in [6.45, 7) is 0. The number of hydrogen-bond donors (Lipinski definition) is 7. The van der Waals surface area contributed by atoms with Crippen LogP contribution in [0.25, 0.3) is 22.9 Å². The molecule has 0 fully saturated rings. The SMILES string of the molecule is COc1ccccc1N/N=C1\C(=O)c2ccc(NC(=O)Nc3ccc4c(c3)C=C(S(=O)(=O)O)/C(=N/Nc3ccc(S(=O)(=O)O)c5ccccc35)C4=O)cc2C=C1S(=O)(=O)O. The molecule has 5 aromatic carbocycles. The Hall–Kier alpha value is -7.08. The van der Waals surface area contributed by atoms with Gasteiger partial charge in [-0.3, -0.25) is 34.1 Å². The van der Waals surface area contributed by atoms with Crippen molar-refractivity contribution in [3.63, 3.8) is 0 Å². The standard InChI is InChI=1S/C38H28N6O13S3/c1-57-30-9-5-4-8-29(30)42-44-35-33(60(54,55)56)19-21-17-23(11-13-25(21)37(35)46)40-38(47)39-22-10-12-24-20(16-22)18-32(59(51,52)53)34(36(24)45)43-41-28-14-15-31(58(48,49)50)27-7-3-2-6-26(27)28/h2-19,41-42H,1H3,(H2,39,40,47)(H,48,49,50)(H,51,52,53)(H,54,55,56)/b43-34-,44-35-. The number of hydrogen-bond acceptors (Lipinski definition) is 14. The van der Waals surface area contributed by atoms with Crippen LogP contribution in [0.3, 0.4) is 0 Å². The Morgan fingerprint density at radius 3 is 1.57 bits per heavy atom. The minimum absolute atomic E-state index is 0.00349. The summed E-state index contributed by atoms with van der Waals surface area (Å²) in [5.41, 5.74) is 4.28. The first-order chi connectivity index (χ1) is 28.3. The Balaban J connectivity index is 1.12. The Labute approximate surface area is 340 Å². The topological polar surface area (TPSA) is 296 Å². The smallest absolute Gasteiger partial charge is 0.323 e. The van der Waals surface area contributed by atoms with Gasteiger partial charge in [-0.1, -0.05) is 36.4 Å². The molecule has 0 aromatic heterocycles. The van der Waals surface area contributed by atoms with Gasteiger partial charge in [0, 0.05) is 33.3 Å². The number of ether oxygens (including phenoxy) is 1. The fraction of sp³-hybridized carbons (Fsp3) is 0.0263. The molecular formula is C38H28N6O13S3. The molecule has 306 valence electrons. The maximum atomic E-state index is 13.6. The number of para-hydroxylation sites is 2. The predicted molar refractivity (Wildman–Crippen MR) is 222 cm³/mol. The van der Waals surface area contributed by atoms with Gasteiger partial charge in [0.2, 0.25) is 11.6 Å². The molecule has 5 aromatic rings. The van der Waals surface area contributed by atoms with Crippen LogP contribution in [0.4, 0.5) is 27.5 Å². The summed E-state index contributed by atoms with van der Waals surface area (Å²) in [7, 11) is -13.3. The number of hydrazone groups is 2. The van der Waals surface area contributed by atoms with Gasteiger partial charge in [0.05, 0.1) is 18.5 Å². The van der Waals surface area contributed by atoms with E-state index in [1.807, 2.05) is 0 Å². The number of carbonyl (C=O) groups is 3. The third kappa shape index (κ3) is 8.26. The fourth-order valence-corrected chi connectivity index (χ4v) is 8.31. The van der Waals surface area contributed by atoms with E-state index in [4.69, 9.17) is 4.74 Å². The van der Waals surface area contributed by atoms with E-state index < -0.39 is 74.1 Å². The number of urea groups is 1. The zero-order valence-corrected chi connectivity index (χ0v) is 32.9. The molecule has 60 heavy (non-hydrogen) atoms. The summed E-state index contributed by atoms with van der Waals surface area (Å²) in [6, 6.07) is 21.7. The second-order valence-electron chi connectivity index (χ2n) is 12.8. The first-order valence-corrected chi connectivity index (χ1v) is 21.3. The van der Waals surface area contributed by atoms with E-state index >= 15 is 0 Å². The highest BCUT2D eigenvalue weighted by atomic mass is 32.2. The molecule has 7 rings (SSSR count). The first kappa shape index (κ1) is 41.1. The number of nitrogens with zero attached hydrogens (tertiary/aromatic N) is 2. The third-order valence-corrected chi connectivity index (χ3v) is 11.6. The number of fused-ring (bicyclic) bond motifs is 3. The summed E-state index contributed by atoms with van der Waals surface area (Å²) in [4.78, 5) is 38.0. The number of ketones is 2. The number of benzene rings is 5. The van der Waals surface area contributed by atoms with Gasteiger partial charge >= 0.3 is 6.03 Å². The molecular weight excluding hydrogens is 845 g/mol. The van der Waals surface area contributed by atoms with E-state index in [1.165, 1.54) is 67.8 Å². The highest BCUT2D eigenvalue weighted by Crippen LogP contribution is 2.33. The van der Waals surface area contributed by atoms with Crippen molar-refractivity contribution >= 4 is 105 Å². The van der Waals surface area contributed by atoms with Crippen LogP contribution in [0.5, 0.6) is 5.75 Å². The van der Waals surface area contributed by atoms with Gasteiger partial charge in [-0.2, -0.15) is 35.5 Å². The number of Topliss-reactive ketones (excluding diaryl/α,β-unsaturated/α-hetero) is 2. The van der Waals surface area contributed by atoms with Crippen molar-refractivity contribution in [3.8, 4) is 5.75 Å². The van der Waals surface area contributed by atoms with Crippen LogP contribution in [0.2, 0.25) is 0 Å². The van der Waals surface area contributed by atoms with E-state index in [0.717, 1.165) is 18.2 Å². The zero-order chi connectivity index (χ0) is 43.1. The average Bonchev–Trinajstić information content (AvgIpc) is 3.18. The average molecular weight is 873 g/mol. The predicted octanol–water partition coefficient (Wildman–Crippen LogP) is 5.53. The van der Waals surface area contributed by atoms with Crippen LogP contribution in [0.15, 0.2) is 122 Å². The Kier molecular flexibility index (Phi) is 10.7. The van der Waals surface area contributed by atoms with Crippen LogP contribution >= 0.6 is 0 Å². The van der Waals surface area contributed by atoms with E-state index in [9.17, 15) is 53.3 Å². The number of methoxy groups -OCH3 is 1. The monoisotopic (exact) mass is 872 g/mol. The zero-order valence-electron chi connectivity index (χ0n) is 30.4. The second kappa shape index (κ2) is 15.6. The molecule has 0 heterocycles. The summed E-state index contributed by atoms with van der Waals surface area (Å²) in [6.07, 6.45) is 1.96. The van der Waals surface area contributed by atoms with Crippen LogP contribution < -0.4 is 26.2 Å². The number of allylic oxidation sites excluding steroid dienone is 2. The molecule has 0 spiro atoms. The first-order valence-electron chi connectivity index (χ1n) is 17.0. The van der Waals surface area contributed by atoms with Crippen molar-refractivity contribution in [1.29, 1.82) is 0 Å². The van der Waals surface area contributed by atoms with Crippen molar-refractivity contribution in [2.24, 2.45) is 10.2 Å². The van der Waals surface area contributed by atoms with Crippen molar-refractivity contribution in [3.05, 3.63) is 129 Å². The number of rotatable bonds is 10.